The summed E-state index contributed by atoms with van der Waals surface area (Å²) in [5.74, 6) is -0.332. The highest BCUT2D eigenvalue weighted by Gasteiger charge is 2.09. The average Bonchev–Trinajstić information content (AvgIpc) is 2.16. The standard InChI is InChI=1S/C8H16N3O2/c9-4-2-1-3-7(6-12)11-8(13)5-10/h7H,1-5,9-10H2,(H,11,13)/t7-/m0/s1. The molecule has 1 radical (unpaired) electrons. The Hall–Kier alpha value is -0.940. The first-order chi connectivity index (χ1) is 6.24. The van der Waals surface area contributed by atoms with Crippen LogP contribution in [0, 0.1) is 0 Å². The molecule has 0 aliphatic heterocycles. The molecule has 0 spiro atoms. The summed E-state index contributed by atoms with van der Waals surface area (Å²) in [4.78, 5) is 21.1. The number of amides is 1. The van der Waals surface area contributed by atoms with E-state index in [4.69, 9.17) is 11.5 Å². The predicted octanol–water partition coefficient (Wildman–Crippen LogP) is -1.33. The third kappa shape index (κ3) is 6.24. The van der Waals surface area contributed by atoms with E-state index in [1.165, 1.54) is 0 Å². The molecule has 5 N–H and O–H groups in total. The number of rotatable bonds is 7. The second kappa shape index (κ2) is 7.70. The summed E-state index contributed by atoms with van der Waals surface area (Å²) in [6, 6.07) is -0.539. The van der Waals surface area contributed by atoms with Gasteiger partial charge < -0.3 is 16.8 Å². The molecule has 0 fully saturated rings. The number of nitrogens with one attached hydrogen (secondary N) is 1. The van der Waals surface area contributed by atoms with Crippen molar-refractivity contribution in [3.05, 3.63) is 0 Å². The van der Waals surface area contributed by atoms with Gasteiger partial charge in [-0.3, -0.25) is 9.59 Å². The van der Waals surface area contributed by atoms with Crippen molar-refractivity contribution in [3.8, 4) is 0 Å². The molecule has 1 atom stereocenters. The Morgan fingerprint density at radius 2 is 2.08 bits per heavy atom. The van der Waals surface area contributed by atoms with E-state index in [1.54, 1.807) is 6.29 Å². The van der Waals surface area contributed by atoms with Crippen LogP contribution >= 0.6 is 0 Å². The van der Waals surface area contributed by atoms with Crippen LogP contribution in [0.5, 0.6) is 0 Å². The number of hydrogen-bond donors (Lipinski definition) is 3. The van der Waals surface area contributed by atoms with E-state index in [9.17, 15) is 9.59 Å². The monoisotopic (exact) mass is 186 g/mol. The van der Waals surface area contributed by atoms with Crippen molar-refractivity contribution < 1.29 is 9.59 Å². The molecule has 0 rings (SSSR count). The molecule has 0 saturated heterocycles. The molecule has 0 aliphatic rings. The Kier molecular flexibility index (Phi) is 7.14. The fraction of sp³-hybridized carbons (Fsp3) is 0.750. The van der Waals surface area contributed by atoms with Gasteiger partial charge in [0.15, 0.2) is 0 Å². The summed E-state index contributed by atoms with van der Waals surface area (Å²) >= 11 is 0. The van der Waals surface area contributed by atoms with Crippen molar-refractivity contribution in [3.63, 3.8) is 0 Å². The molecule has 0 aromatic carbocycles. The Bertz CT molecular complexity index is 161. The number of carbonyl (C=O) groups is 1. The fourth-order valence-corrected chi connectivity index (χ4v) is 0.907. The molecule has 0 unspecified atom stereocenters. The van der Waals surface area contributed by atoms with E-state index in [0.717, 1.165) is 12.8 Å². The minimum Gasteiger partial charge on any atom is -0.345 e. The van der Waals surface area contributed by atoms with Gasteiger partial charge in [-0.05, 0) is 25.8 Å². The van der Waals surface area contributed by atoms with E-state index in [1.807, 2.05) is 0 Å². The molecule has 0 saturated carbocycles. The molecule has 0 heterocycles. The quantitative estimate of drug-likeness (QED) is 0.429. The van der Waals surface area contributed by atoms with Crippen molar-refractivity contribution >= 4 is 12.2 Å². The number of nitrogens with two attached hydrogens (primary N) is 2. The predicted molar refractivity (Wildman–Crippen MR) is 49.6 cm³/mol. The summed E-state index contributed by atoms with van der Waals surface area (Å²) in [6.07, 6.45) is 3.97. The van der Waals surface area contributed by atoms with Crippen molar-refractivity contribution in [1.82, 2.24) is 5.32 Å². The summed E-state index contributed by atoms with van der Waals surface area (Å²) < 4.78 is 0. The number of hydrogen-bond acceptors (Lipinski definition) is 4. The van der Waals surface area contributed by atoms with Gasteiger partial charge in [0.25, 0.3) is 0 Å². The van der Waals surface area contributed by atoms with Crippen molar-refractivity contribution in [2.75, 3.05) is 13.1 Å². The molecular weight excluding hydrogens is 170 g/mol. The second-order valence-corrected chi connectivity index (χ2v) is 2.73. The second-order valence-electron chi connectivity index (χ2n) is 2.73. The first kappa shape index (κ1) is 12.1. The van der Waals surface area contributed by atoms with E-state index in [0.29, 0.717) is 13.0 Å². The Labute approximate surface area is 77.8 Å². The number of carbonyl (C=O) groups excluding carboxylic acids is 2. The molecule has 5 nitrogen and oxygen atoms in total. The van der Waals surface area contributed by atoms with Gasteiger partial charge in [0.2, 0.25) is 12.2 Å². The van der Waals surface area contributed by atoms with Crippen LogP contribution in [0.2, 0.25) is 0 Å². The van der Waals surface area contributed by atoms with Crippen molar-refractivity contribution in [1.29, 1.82) is 0 Å². The molecule has 0 aromatic rings. The fourth-order valence-electron chi connectivity index (χ4n) is 0.907. The lowest BCUT2D eigenvalue weighted by molar-refractivity contribution is -0.120. The third-order valence-corrected chi connectivity index (χ3v) is 1.61. The molecule has 75 valence electrons. The van der Waals surface area contributed by atoms with Crippen LogP contribution < -0.4 is 16.8 Å². The maximum Gasteiger partial charge on any atom is 0.234 e. The van der Waals surface area contributed by atoms with Crippen LogP contribution in [-0.4, -0.2) is 31.3 Å². The minimum absolute atomic E-state index is 0.102. The van der Waals surface area contributed by atoms with Gasteiger partial charge in [-0.25, -0.2) is 0 Å². The molecule has 0 aromatic heterocycles. The maximum absolute atomic E-state index is 10.8. The summed E-state index contributed by atoms with van der Waals surface area (Å²) in [5, 5.41) is 2.45. The van der Waals surface area contributed by atoms with Gasteiger partial charge >= 0.3 is 0 Å². The molecular formula is C8H16N3O2. The first-order valence-electron chi connectivity index (χ1n) is 4.31. The lowest BCUT2D eigenvalue weighted by Gasteiger charge is -2.10. The molecule has 13 heavy (non-hydrogen) atoms. The van der Waals surface area contributed by atoms with Gasteiger partial charge in [0, 0.05) is 0 Å². The van der Waals surface area contributed by atoms with Gasteiger partial charge in [-0.15, -0.1) is 0 Å². The largest absolute Gasteiger partial charge is 0.345 e. The Morgan fingerprint density at radius 1 is 1.38 bits per heavy atom. The SMILES string of the molecule is NCCCC[C@@H]([C]=O)NC(=O)CN. The van der Waals surface area contributed by atoms with E-state index in [2.05, 4.69) is 5.32 Å². The zero-order chi connectivity index (χ0) is 10.1. The average molecular weight is 186 g/mol. The van der Waals surface area contributed by atoms with Gasteiger partial charge in [0.1, 0.15) is 0 Å². The van der Waals surface area contributed by atoms with E-state index >= 15 is 0 Å². The highest BCUT2D eigenvalue weighted by Crippen LogP contribution is 1.97. The zero-order valence-electron chi connectivity index (χ0n) is 7.58. The topological polar surface area (TPSA) is 98.2 Å². The smallest absolute Gasteiger partial charge is 0.234 e. The van der Waals surface area contributed by atoms with Crippen LogP contribution in [0.4, 0.5) is 0 Å². The number of unbranched alkanes of at least 4 members (excludes halogenated alkanes) is 1. The van der Waals surface area contributed by atoms with Crippen LogP contribution in [-0.2, 0) is 9.59 Å². The molecule has 0 aliphatic carbocycles. The highest BCUT2D eigenvalue weighted by atomic mass is 16.2. The lowest BCUT2D eigenvalue weighted by atomic mass is 10.1. The van der Waals surface area contributed by atoms with E-state index < -0.39 is 6.04 Å². The normalized spacial score (nSPS) is 12.2. The summed E-state index contributed by atoms with van der Waals surface area (Å²) in [7, 11) is 0. The van der Waals surface area contributed by atoms with Gasteiger partial charge in [0.05, 0.1) is 12.6 Å². The van der Waals surface area contributed by atoms with Gasteiger partial charge in [-0.1, -0.05) is 0 Å². The maximum atomic E-state index is 10.8. The van der Waals surface area contributed by atoms with Crippen molar-refractivity contribution in [2.24, 2.45) is 11.5 Å². The first-order valence-corrected chi connectivity index (χ1v) is 4.31. The van der Waals surface area contributed by atoms with Crippen LogP contribution in [0.25, 0.3) is 0 Å². The molecule has 1 amide bonds. The highest BCUT2D eigenvalue weighted by molar-refractivity contribution is 5.81. The Morgan fingerprint density at radius 3 is 2.54 bits per heavy atom. The Balaban J connectivity index is 3.62. The minimum atomic E-state index is -0.539. The van der Waals surface area contributed by atoms with E-state index in [-0.39, 0.29) is 12.5 Å². The summed E-state index contributed by atoms with van der Waals surface area (Å²) in [6.45, 7) is 0.492. The third-order valence-electron chi connectivity index (χ3n) is 1.61. The van der Waals surface area contributed by atoms with Crippen LogP contribution in [0.1, 0.15) is 19.3 Å². The van der Waals surface area contributed by atoms with Gasteiger partial charge in [-0.2, -0.15) is 0 Å². The van der Waals surface area contributed by atoms with Crippen LogP contribution in [0.3, 0.4) is 0 Å². The molecule has 0 bridgehead atoms. The summed E-state index contributed by atoms with van der Waals surface area (Å²) in [5.41, 5.74) is 10.3. The molecule has 5 heteroatoms. The lowest BCUT2D eigenvalue weighted by Crippen LogP contribution is -2.39. The zero-order valence-corrected chi connectivity index (χ0v) is 7.58. The van der Waals surface area contributed by atoms with Crippen molar-refractivity contribution in [2.45, 2.75) is 25.3 Å². The van der Waals surface area contributed by atoms with Crippen LogP contribution in [0.15, 0.2) is 0 Å².